The normalized spacial score (nSPS) is 17.1. The molecule has 2 aromatic heterocycles. The highest BCUT2D eigenvalue weighted by molar-refractivity contribution is 7.10. The molecule has 1 unspecified atom stereocenters. The molecule has 1 aliphatic heterocycles. The van der Waals surface area contributed by atoms with Gasteiger partial charge in [0.15, 0.2) is 0 Å². The lowest BCUT2D eigenvalue weighted by Gasteiger charge is -2.23. The summed E-state index contributed by atoms with van der Waals surface area (Å²) in [4.78, 5) is 16.0. The van der Waals surface area contributed by atoms with Gasteiger partial charge in [0.2, 0.25) is 5.91 Å². The zero-order valence-electron chi connectivity index (χ0n) is 14.1. The first-order valence-electron chi connectivity index (χ1n) is 8.78. The van der Waals surface area contributed by atoms with Crippen LogP contribution in [0.4, 0.5) is 0 Å². The van der Waals surface area contributed by atoms with Gasteiger partial charge in [-0.1, -0.05) is 36.4 Å². The van der Waals surface area contributed by atoms with Gasteiger partial charge in [-0.15, -0.1) is 11.3 Å². The smallest absolute Gasteiger partial charge is 0.223 e. The van der Waals surface area contributed by atoms with E-state index in [1.54, 1.807) is 11.3 Å². The molecular formula is C21H21NO2S. The van der Waals surface area contributed by atoms with Crippen LogP contribution in [0.15, 0.2) is 64.4 Å². The summed E-state index contributed by atoms with van der Waals surface area (Å²) in [5.74, 6) is 1.97. The first-order chi connectivity index (χ1) is 12.3. The van der Waals surface area contributed by atoms with Crippen LogP contribution < -0.4 is 0 Å². The molecule has 1 aromatic carbocycles. The number of amides is 1. The summed E-state index contributed by atoms with van der Waals surface area (Å²) in [6.45, 7) is 0.870. The third-order valence-electron chi connectivity index (χ3n) is 4.75. The van der Waals surface area contributed by atoms with E-state index >= 15 is 0 Å². The number of hydrogen-bond donors (Lipinski definition) is 0. The van der Waals surface area contributed by atoms with Crippen molar-refractivity contribution in [3.05, 3.63) is 70.6 Å². The average Bonchev–Trinajstić information content (AvgIpc) is 3.41. The van der Waals surface area contributed by atoms with Crippen molar-refractivity contribution >= 4 is 17.2 Å². The van der Waals surface area contributed by atoms with E-state index in [0.29, 0.717) is 12.8 Å². The molecule has 1 atom stereocenters. The molecular weight excluding hydrogens is 330 g/mol. The van der Waals surface area contributed by atoms with Crippen molar-refractivity contribution < 1.29 is 9.21 Å². The van der Waals surface area contributed by atoms with Crippen LogP contribution in [0, 0.1) is 0 Å². The zero-order valence-corrected chi connectivity index (χ0v) is 14.9. The fraction of sp³-hybridized carbons (Fsp3) is 0.286. The quantitative estimate of drug-likeness (QED) is 0.624. The van der Waals surface area contributed by atoms with Gasteiger partial charge in [0, 0.05) is 29.8 Å². The van der Waals surface area contributed by atoms with Gasteiger partial charge in [-0.05, 0) is 36.4 Å². The van der Waals surface area contributed by atoms with E-state index in [1.165, 1.54) is 4.88 Å². The van der Waals surface area contributed by atoms with Crippen molar-refractivity contribution in [1.82, 2.24) is 4.90 Å². The predicted molar refractivity (Wildman–Crippen MR) is 100 cm³/mol. The summed E-state index contributed by atoms with van der Waals surface area (Å²) < 4.78 is 5.91. The highest BCUT2D eigenvalue weighted by atomic mass is 32.1. The van der Waals surface area contributed by atoms with Crippen LogP contribution in [0.1, 0.15) is 35.9 Å². The van der Waals surface area contributed by atoms with Gasteiger partial charge < -0.3 is 9.32 Å². The lowest BCUT2D eigenvalue weighted by Crippen LogP contribution is -2.30. The Morgan fingerprint density at radius 1 is 1.12 bits per heavy atom. The Bertz CT molecular complexity index is 823. The molecule has 3 heterocycles. The van der Waals surface area contributed by atoms with E-state index in [1.807, 2.05) is 47.4 Å². The molecule has 0 radical (unpaired) electrons. The average molecular weight is 351 g/mol. The fourth-order valence-corrected chi connectivity index (χ4v) is 4.36. The summed E-state index contributed by atoms with van der Waals surface area (Å²) in [6, 6.07) is 18.5. The highest BCUT2D eigenvalue weighted by Gasteiger charge is 2.30. The van der Waals surface area contributed by atoms with Gasteiger partial charge in [-0.2, -0.15) is 0 Å². The standard InChI is InChI=1S/C21H21NO2S/c23-21(22-14-4-8-18(22)20-9-5-15-25-20)13-11-17-10-12-19(24-17)16-6-2-1-3-7-16/h1-3,5-7,9-10,12,15,18H,4,8,11,13-14H2. The Kier molecular flexibility index (Phi) is 4.70. The molecule has 4 rings (SSSR count). The van der Waals surface area contributed by atoms with Gasteiger partial charge in [0.1, 0.15) is 11.5 Å². The van der Waals surface area contributed by atoms with E-state index in [-0.39, 0.29) is 11.9 Å². The molecule has 0 bridgehead atoms. The lowest BCUT2D eigenvalue weighted by atomic mass is 10.1. The molecule has 1 fully saturated rings. The molecule has 128 valence electrons. The Hall–Kier alpha value is -2.33. The maximum absolute atomic E-state index is 12.7. The van der Waals surface area contributed by atoms with Crippen molar-refractivity contribution in [2.24, 2.45) is 0 Å². The monoisotopic (exact) mass is 351 g/mol. The lowest BCUT2D eigenvalue weighted by molar-refractivity contribution is -0.132. The minimum absolute atomic E-state index is 0.230. The van der Waals surface area contributed by atoms with Crippen molar-refractivity contribution in [3.63, 3.8) is 0 Å². The topological polar surface area (TPSA) is 33.5 Å². The minimum atomic E-state index is 0.230. The van der Waals surface area contributed by atoms with Gasteiger partial charge in [-0.3, -0.25) is 4.79 Å². The van der Waals surface area contributed by atoms with E-state index < -0.39 is 0 Å². The van der Waals surface area contributed by atoms with E-state index in [0.717, 1.165) is 36.5 Å². The Morgan fingerprint density at radius 2 is 2.00 bits per heavy atom. The van der Waals surface area contributed by atoms with Crippen LogP contribution in [0.2, 0.25) is 0 Å². The predicted octanol–water partition coefficient (Wildman–Crippen LogP) is 5.30. The zero-order chi connectivity index (χ0) is 17.1. The molecule has 0 N–H and O–H groups in total. The van der Waals surface area contributed by atoms with E-state index in [2.05, 4.69) is 17.5 Å². The minimum Gasteiger partial charge on any atom is -0.461 e. The summed E-state index contributed by atoms with van der Waals surface area (Å²) in [5.41, 5.74) is 1.07. The second kappa shape index (κ2) is 7.28. The SMILES string of the molecule is O=C(CCc1ccc(-c2ccccc2)o1)N1CCCC1c1cccs1. The second-order valence-corrected chi connectivity index (χ2v) is 7.37. The molecule has 4 heteroatoms. The largest absolute Gasteiger partial charge is 0.461 e. The maximum Gasteiger partial charge on any atom is 0.223 e. The number of furan rings is 1. The van der Waals surface area contributed by atoms with Crippen molar-refractivity contribution in [2.45, 2.75) is 31.7 Å². The van der Waals surface area contributed by atoms with Crippen LogP contribution >= 0.6 is 11.3 Å². The van der Waals surface area contributed by atoms with Crippen LogP contribution in [-0.2, 0) is 11.2 Å². The number of hydrogen-bond acceptors (Lipinski definition) is 3. The van der Waals surface area contributed by atoms with Crippen molar-refractivity contribution in [2.75, 3.05) is 6.54 Å². The molecule has 1 saturated heterocycles. The number of likely N-dealkylation sites (tertiary alicyclic amines) is 1. The number of benzene rings is 1. The number of rotatable bonds is 5. The Labute approximate surface area is 151 Å². The van der Waals surface area contributed by atoms with Crippen LogP contribution in [0.5, 0.6) is 0 Å². The molecule has 3 nitrogen and oxygen atoms in total. The van der Waals surface area contributed by atoms with Crippen LogP contribution in [0.3, 0.4) is 0 Å². The van der Waals surface area contributed by atoms with Gasteiger partial charge in [0.25, 0.3) is 0 Å². The number of carbonyl (C=O) groups is 1. The van der Waals surface area contributed by atoms with Crippen LogP contribution in [0.25, 0.3) is 11.3 Å². The molecule has 1 amide bonds. The molecule has 0 saturated carbocycles. The summed E-state index contributed by atoms with van der Waals surface area (Å²) in [6.07, 6.45) is 3.32. The van der Waals surface area contributed by atoms with Gasteiger partial charge >= 0.3 is 0 Å². The number of thiophene rings is 1. The molecule has 1 aliphatic rings. The molecule has 0 spiro atoms. The highest BCUT2D eigenvalue weighted by Crippen LogP contribution is 2.35. The first-order valence-corrected chi connectivity index (χ1v) is 9.66. The second-order valence-electron chi connectivity index (χ2n) is 6.39. The van der Waals surface area contributed by atoms with E-state index in [9.17, 15) is 4.79 Å². The molecule has 0 aliphatic carbocycles. The first kappa shape index (κ1) is 16.2. The molecule has 3 aromatic rings. The maximum atomic E-state index is 12.7. The van der Waals surface area contributed by atoms with E-state index in [4.69, 9.17) is 4.42 Å². The fourth-order valence-electron chi connectivity index (χ4n) is 3.49. The van der Waals surface area contributed by atoms with Crippen molar-refractivity contribution in [3.8, 4) is 11.3 Å². The Morgan fingerprint density at radius 3 is 2.80 bits per heavy atom. The summed E-state index contributed by atoms with van der Waals surface area (Å²) in [5, 5.41) is 2.09. The van der Waals surface area contributed by atoms with Gasteiger partial charge in [0.05, 0.1) is 6.04 Å². The summed E-state index contributed by atoms with van der Waals surface area (Å²) >= 11 is 1.74. The molecule has 25 heavy (non-hydrogen) atoms. The van der Waals surface area contributed by atoms with Crippen LogP contribution in [-0.4, -0.2) is 17.4 Å². The number of aryl methyl sites for hydroxylation is 1. The number of nitrogens with zero attached hydrogens (tertiary/aromatic N) is 1. The third-order valence-corrected chi connectivity index (χ3v) is 5.72. The Balaban J connectivity index is 1.38. The summed E-state index contributed by atoms with van der Waals surface area (Å²) in [7, 11) is 0. The van der Waals surface area contributed by atoms with Gasteiger partial charge in [-0.25, -0.2) is 0 Å². The number of carbonyl (C=O) groups excluding carboxylic acids is 1. The third kappa shape index (κ3) is 3.54. The van der Waals surface area contributed by atoms with Crippen molar-refractivity contribution in [1.29, 1.82) is 0 Å².